The lowest BCUT2D eigenvalue weighted by atomic mass is 10.0. The highest BCUT2D eigenvalue weighted by molar-refractivity contribution is 7.17. The van der Waals surface area contributed by atoms with Crippen LogP contribution in [0.5, 0.6) is 5.75 Å². The number of hydrogen-bond donors (Lipinski definition) is 0. The van der Waals surface area contributed by atoms with Crippen LogP contribution in [-0.4, -0.2) is 56.8 Å². The maximum atomic E-state index is 13.6. The Morgan fingerprint density at radius 2 is 1.86 bits per heavy atom. The molecule has 1 saturated heterocycles. The van der Waals surface area contributed by atoms with E-state index < -0.39 is 23.8 Å². The first kappa shape index (κ1) is 28.9. The summed E-state index contributed by atoms with van der Waals surface area (Å²) < 4.78 is 55.7. The molecule has 0 bridgehead atoms. The van der Waals surface area contributed by atoms with Gasteiger partial charge in [-0.05, 0) is 56.6 Å². The minimum absolute atomic E-state index is 0.0275. The fourth-order valence-corrected chi connectivity index (χ4v) is 6.43. The summed E-state index contributed by atoms with van der Waals surface area (Å²) in [4.78, 5) is 20.5. The SMILES string of the molecule is COC(=O)c1sc(-c2cnc3cc(-c4cnn(CCN5CCCC5)c4)ccn23)cc1OC(C)c1ccccc1C(F)(F)F. The van der Waals surface area contributed by atoms with Crippen LogP contribution in [0, 0.1) is 0 Å². The van der Waals surface area contributed by atoms with Gasteiger partial charge in [-0.25, -0.2) is 9.78 Å². The van der Waals surface area contributed by atoms with E-state index in [1.54, 1.807) is 12.3 Å². The summed E-state index contributed by atoms with van der Waals surface area (Å²) in [7, 11) is 1.25. The fraction of sp³-hybridized carbons (Fsp3) is 0.323. The molecular weight excluding hydrogens is 579 g/mol. The number of carbonyl (C=O) groups excluding carboxylic acids is 1. The number of fused-ring (bicyclic) bond motifs is 1. The van der Waals surface area contributed by atoms with E-state index in [2.05, 4.69) is 15.0 Å². The quantitative estimate of drug-likeness (QED) is 0.168. The van der Waals surface area contributed by atoms with Gasteiger partial charge < -0.3 is 14.4 Å². The average molecular weight is 610 g/mol. The molecule has 0 amide bonds. The molecule has 1 unspecified atom stereocenters. The van der Waals surface area contributed by atoms with Crippen LogP contribution in [0.4, 0.5) is 13.2 Å². The van der Waals surface area contributed by atoms with Gasteiger partial charge in [0.1, 0.15) is 17.5 Å². The molecule has 0 N–H and O–H groups in total. The normalized spacial score (nSPS) is 14.8. The van der Waals surface area contributed by atoms with Crippen LogP contribution in [0.25, 0.3) is 27.3 Å². The van der Waals surface area contributed by atoms with Gasteiger partial charge in [0.25, 0.3) is 0 Å². The molecule has 5 heterocycles. The highest BCUT2D eigenvalue weighted by atomic mass is 32.1. The average Bonchev–Trinajstić information content (AvgIpc) is 3.81. The van der Waals surface area contributed by atoms with E-state index in [0.717, 1.165) is 54.7 Å². The highest BCUT2D eigenvalue weighted by Crippen LogP contribution is 2.41. The number of methoxy groups -OCH3 is 1. The largest absolute Gasteiger partial charge is 0.484 e. The molecule has 12 heteroatoms. The minimum atomic E-state index is -4.54. The third-order valence-corrected chi connectivity index (χ3v) is 8.77. The molecular formula is C31H30F3N5O3S. The first-order valence-corrected chi connectivity index (χ1v) is 14.8. The predicted octanol–water partition coefficient (Wildman–Crippen LogP) is 6.97. The van der Waals surface area contributed by atoms with Crippen molar-refractivity contribution >= 4 is 23.0 Å². The van der Waals surface area contributed by atoms with E-state index in [4.69, 9.17) is 9.47 Å². The summed E-state index contributed by atoms with van der Waals surface area (Å²) in [5, 5.41) is 4.53. The second-order valence-corrected chi connectivity index (χ2v) is 11.5. The van der Waals surface area contributed by atoms with Crippen molar-refractivity contribution in [2.45, 2.75) is 38.6 Å². The molecule has 0 radical (unpaired) electrons. The number of carbonyl (C=O) groups is 1. The van der Waals surface area contributed by atoms with E-state index in [1.165, 1.54) is 45.1 Å². The summed E-state index contributed by atoms with van der Waals surface area (Å²) in [6.07, 6.45) is 4.47. The molecule has 0 spiro atoms. The molecule has 4 aromatic heterocycles. The number of ether oxygens (including phenoxy) is 2. The molecule has 0 saturated carbocycles. The zero-order valence-corrected chi connectivity index (χ0v) is 24.5. The first-order valence-electron chi connectivity index (χ1n) is 14.0. The van der Waals surface area contributed by atoms with E-state index in [9.17, 15) is 18.0 Å². The number of thiophene rings is 1. The number of rotatable bonds is 9. The van der Waals surface area contributed by atoms with Gasteiger partial charge in [0.15, 0.2) is 4.88 Å². The van der Waals surface area contributed by atoms with Crippen molar-refractivity contribution in [3.8, 4) is 27.4 Å². The van der Waals surface area contributed by atoms with Gasteiger partial charge in [-0.3, -0.25) is 9.08 Å². The highest BCUT2D eigenvalue weighted by Gasteiger charge is 2.35. The van der Waals surface area contributed by atoms with Crippen LogP contribution >= 0.6 is 11.3 Å². The van der Waals surface area contributed by atoms with Crippen LogP contribution in [0.2, 0.25) is 0 Å². The van der Waals surface area contributed by atoms with Crippen LogP contribution < -0.4 is 4.74 Å². The topological polar surface area (TPSA) is 73.9 Å². The van der Waals surface area contributed by atoms with Gasteiger partial charge in [-0.2, -0.15) is 18.3 Å². The second kappa shape index (κ2) is 11.8. The fourth-order valence-electron chi connectivity index (χ4n) is 5.41. The monoisotopic (exact) mass is 609 g/mol. The van der Waals surface area contributed by atoms with Crippen LogP contribution in [0.1, 0.15) is 46.7 Å². The van der Waals surface area contributed by atoms with Crippen molar-refractivity contribution < 1.29 is 27.4 Å². The molecule has 1 fully saturated rings. The molecule has 8 nitrogen and oxygen atoms in total. The number of alkyl halides is 3. The van der Waals surface area contributed by atoms with E-state index in [0.29, 0.717) is 16.2 Å². The lowest BCUT2D eigenvalue weighted by Gasteiger charge is -2.19. The number of likely N-dealkylation sites (tertiary alicyclic amines) is 1. The number of pyridine rings is 1. The maximum absolute atomic E-state index is 13.6. The third kappa shape index (κ3) is 6.02. The van der Waals surface area contributed by atoms with Crippen LogP contribution in [0.15, 0.2) is 67.3 Å². The molecule has 1 atom stereocenters. The number of halogens is 3. The predicted molar refractivity (Wildman–Crippen MR) is 157 cm³/mol. The molecule has 1 aliphatic heterocycles. The van der Waals surface area contributed by atoms with Crippen molar-refractivity contribution in [3.63, 3.8) is 0 Å². The van der Waals surface area contributed by atoms with E-state index in [-0.39, 0.29) is 16.2 Å². The van der Waals surface area contributed by atoms with Crippen LogP contribution in [-0.2, 0) is 17.5 Å². The van der Waals surface area contributed by atoms with Gasteiger partial charge in [0, 0.05) is 36.1 Å². The lowest BCUT2D eigenvalue weighted by Crippen LogP contribution is -2.24. The number of aromatic nitrogens is 4. The number of hydrogen-bond acceptors (Lipinski definition) is 7. The number of esters is 1. The second-order valence-electron chi connectivity index (χ2n) is 10.5. The Morgan fingerprint density at radius 1 is 1.07 bits per heavy atom. The molecule has 224 valence electrons. The molecule has 6 rings (SSSR count). The Bertz CT molecular complexity index is 1750. The Morgan fingerprint density at radius 3 is 2.63 bits per heavy atom. The Kier molecular flexibility index (Phi) is 7.97. The van der Waals surface area contributed by atoms with E-state index in [1.807, 2.05) is 39.8 Å². The first-order chi connectivity index (χ1) is 20.7. The summed E-state index contributed by atoms with van der Waals surface area (Å²) in [5.41, 5.74) is 2.55. The van der Waals surface area contributed by atoms with Gasteiger partial charge in [-0.1, -0.05) is 18.2 Å². The minimum Gasteiger partial charge on any atom is -0.484 e. The molecule has 1 aromatic carbocycles. The van der Waals surface area contributed by atoms with Crippen molar-refractivity contribution in [1.82, 2.24) is 24.1 Å². The summed E-state index contributed by atoms with van der Waals surface area (Å²) in [6.45, 7) is 5.64. The zero-order valence-electron chi connectivity index (χ0n) is 23.7. The molecule has 43 heavy (non-hydrogen) atoms. The molecule has 0 aliphatic carbocycles. The molecule has 1 aliphatic rings. The van der Waals surface area contributed by atoms with Gasteiger partial charge >= 0.3 is 12.1 Å². The number of nitrogens with zero attached hydrogens (tertiary/aromatic N) is 5. The smallest absolute Gasteiger partial charge is 0.416 e. The summed E-state index contributed by atoms with van der Waals surface area (Å²) >= 11 is 1.13. The standard InChI is InChI=1S/C31H30F3N5O3S/c1-20(23-7-3-4-8-24(23)31(32,33)34)42-26-16-27(43-29(26)30(40)41-2)25-18-35-28-15-21(9-12-39(25)28)22-17-36-38(19-22)14-13-37-10-5-6-11-37/h3-4,7-9,12,15-20H,5-6,10-11,13-14H2,1-2H3. The zero-order chi connectivity index (χ0) is 30.1. The van der Waals surface area contributed by atoms with Gasteiger partial charge in [-0.15, -0.1) is 11.3 Å². The van der Waals surface area contributed by atoms with Crippen molar-refractivity contribution in [2.24, 2.45) is 0 Å². The van der Waals surface area contributed by atoms with E-state index >= 15 is 0 Å². The number of benzene rings is 1. The van der Waals surface area contributed by atoms with Crippen molar-refractivity contribution in [3.05, 3.63) is 83.3 Å². The van der Waals surface area contributed by atoms with Gasteiger partial charge in [0.05, 0.1) is 42.2 Å². The van der Waals surface area contributed by atoms with Crippen molar-refractivity contribution in [2.75, 3.05) is 26.7 Å². The summed E-state index contributed by atoms with van der Waals surface area (Å²) in [6, 6.07) is 10.8. The Labute approximate surface area is 250 Å². The van der Waals surface area contributed by atoms with Gasteiger partial charge in [0.2, 0.25) is 0 Å². The third-order valence-electron chi connectivity index (χ3n) is 7.65. The maximum Gasteiger partial charge on any atom is 0.416 e. The summed E-state index contributed by atoms with van der Waals surface area (Å²) in [5.74, 6) is -0.496. The molecule has 5 aromatic rings. The Balaban J connectivity index is 1.26. The van der Waals surface area contributed by atoms with Crippen molar-refractivity contribution in [1.29, 1.82) is 0 Å². The number of imidazole rings is 1. The lowest BCUT2D eigenvalue weighted by molar-refractivity contribution is -0.139. The van der Waals surface area contributed by atoms with Crippen LogP contribution in [0.3, 0.4) is 0 Å². The Hall–Kier alpha value is -4.16.